The van der Waals surface area contributed by atoms with Gasteiger partial charge in [-0.15, -0.1) is 0 Å². The fourth-order valence-electron chi connectivity index (χ4n) is 0.948. The second-order valence-corrected chi connectivity index (χ2v) is 2.62. The summed E-state index contributed by atoms with van der Waals surface area (Å²) in [5.41, 5.74) is -0.984. The number of rotatable bonds is 3. The van der Waals surface area contributed by atoms with Gasteiger partial charge in [0.25, 0.3) is 12.0 Å². The molecule has 1 aromatic rings. The summed E-state index contributed by atoms with van der Waals surface area (Å²) in [5, 5.41) is 8.37. The number of hydrogen-bond acceptors (Lipinski definition) is 2. The van der Waals surface area contributed by atoms with Crippen LogP contribution in [0.1, 0.15) is 12.0 Å². The number of carboxylic acids is 1. The van der Waals surface area contributed by atoms with Crippen LogP contribution in [0.25, 0.3) is 0 Å². The van der Waals surface area contributed by atoms with E-state index in [-0.39, 0.29) is 5.56 Å². The average Bonchev–Trinajstić information content (AvgIpc) is 2.07. The van der Waals surface area contributed by atoms with Gasteiger partial charge in [0, 0.05) is 17.8 Å². The lowest BCUT2D eigenvalue weighted by Crippen LogP contribution is -2.23. The van der Waals surface area contributed by atoms with Crippen LogP contribution in [0.2, 0.25) is 0 Å². The van der Waals surface area contributed by atoms with Crippen molar-refractivity contribution in [2.45, 2.75) is 13.0 Å². The van der Waals surface area contributed by atoms with Crippen LogP contribution in [0.4, 0.5) is 8.78 Å². The second kappa shape index (κ2) is 3.99. The Kier molecular flexibility index (Phi) is 2.95. The maximum absolute atomic E-state index is 12.2. The van der Waals surface area contributed by atoms with Gasteiger partial charge in [-0.25, -0.2) is 8.78 Å². The normalized spacial score (nSPS) is 10.5. The van der Waals surface area contributed by atoms with Crippen LogP contribution in [-0.4, -0.2) is 15.6 Å². The van der Waals surface area contributed by atoms with E-state index >= 15 is 0 Å². The molecule has 1 heterocycles. The summed E-state index contributed by atoms with van der Waals surface area (Å²) in [6.45, 7) is -0.612. The second-order valence-electron chi connectivity index (χ2n) is 2.62. The van der Waals surface area contributed by atoms with Crippen LogP contribution in [0.5, 0.6) is 0 Å². The third-order valence-corrected chi connectivity index (χ3v) is 1.56. The van der Waals surface area contributed by atoms with Gasteiger partial charge in [-0.05, 0) is 6.07 Å². The van der Waals surface area contributed by atoms with Crippen molar-refractivity contribution in [3.63, 3.8) is 0 Å². The molecule has 0 amide bonds. The van der Waals surface area contributed by atoms with Gasteiger partial charge in [0.1, 0.15) is 6.54 Å². The van der Waals surface area contributed by atoms with Crippen molar-refractivity contribution in [1.29, 1.82) is 0 Å². The molecular formula is C8H7F2NO3. The van der Waals surface area contributed by atoms with Gasteiger partial charge < -0.3 is 9.67 Å². The van der Waals surface area contributed by atoms with Gasteiger partial charge in [-0.1, -0.05) is 0 Å². The third kappa shape index (κ3) is 2.38. The summed E-state index contributed by atoms with van der Waals surface area (Å²) < 4.78 is 25.0. The molecule has 0 bridgehead atoms. The zero-order valence-electron chi connectivity index (χ0n) is 6.98. The summed E-state index contributed by atoms with van der Waals surface area (Å²) in [6.07, 6.45) is -1.86. The highest BCUT2D eigenvalue weighted by atomic mass is 19.3. The minimum Gasteiger partial charge on any atom is -0.480 e. The van der Waals surface area contributed by atoms with E-state index < -0.39 is 24.5 Å². The van der Waals surface area contributed by atoms with Crippen LogP contribution < -0.4 is 5.56 Å². The molecule has 0 atom stereocenters. The molecule has 0 spiro atoms. The predicted molar refractivity (Wildman–Crippen MR) is 43.3 cm³/mol. The standard InChI is InChI=1S/C8H7F2NO3/c9-8(10)5-1-2-6(12)11(3-5)4-7(13)14/h1-3,8H,4H2,(H,13,14). The van der Waals surface area contributed by atoms with Crippen molar-refractivity contribution < 1.29 is 18.7 Å². The van der Waals surface area contributed by atoms with E-state index in [1.54, 1.807) is 0 Å². The summed E-state index contributed by atoms with van der Waals surface area (Å²) in [4.78, 5) is 21.2. The molecule has 0 radical (unpaired) electrons. The molecule has 14 heavy (non-hydrogen) atoms. The predicted octanol–water partition coefficient (Wildman–Crippen LogP) is 0.871. The molecule has 0 aliphatic rings. The molecule has 0 aliphatic carbocycles. The number of carboxylic acid groups (broad SMARTS) is 1. The Hall–Kier alpha value is -1.72. The highest BCUT2D eigenvalue weighted by Crippen LogP contribution is 2.16. The topological polar surface area (TPSA) is 59.3 Å². The lowest BCUT2D eigenvalue weighted by atomic mass is 10.3. The van der Waals surface area contributed by atoms with E-state index in [0.29, 0.717) is 0 Å². The lowest BCUT2D eigenvalue weighted by molar-refractivity contribution is -0.137. The Morgan fingerprint density at radius 2 is 2.14 bits per heavy atom. The van der Waals surface area contributed by atoms with E-state index in [1.807, 2.05) is 0 Å². The number of aromatic nitrogens is 1. The number of nitrogens with zero attached hydrogens (tertiary/aromatic N) is 1. The van der Waals surface area contributed by atoms with E-state index in [2.05, 4.69) is 0 Å². The summed E-state index contributed by atoms with van der Waals surface area (Å²) in [7, 11) is 0. The fraction of sp³-hybridized carbons (Fsp3) is 0.250. The molecule has 0 aromatic carbocycles. The maximum Gasteiger partial charge on any atom is 0.323 e. The summed E-state index contributed by atoms with van der Waals surface area (Å²) in [5.74, 6) is -1.25. The number of carbonyl (C=O) groups is 1. The van der Waals surface area contributed by atoms with Crippen molar-refractivity contribution in [2.75, 3.05) is 0 Å². The van der Waals surface area contributed by atoms with Crippen molar-refractivity contribution in [2.24, 2.45) is 0 Å². The maximum atomic E-state index is 12.2. The molecule has 6 heteroatoms. The van der Waals surface area contributed by atoms with Crippen LogP contribution in [0, 0.1) is 0 Å². The number of alkyl halides is 2. The zero-order chi connectivity index (χ0) is 10.7. The highest BCUT2D eigenvalue weighted by molar-refractivity contribution is 5.66. The van der Waals surface area contributed by atoms with Gasteiger partial charge in [0.05, 0.1) is 0 Å². The van der Waals surface area contributed by atoms with Gasteiger partial charge >= 0.3 is 5.97 Å². The molecule has 1 N–H and O–H groups in total. The van der Waals surface area contributed by atoms with Crippen LogP contribution in [-0.2, 0) is 11.3 Å². The molecule has 4 nitrogen and oxygen atoms in total. The Labute approximate surface area is 77.4 Å². The van der Waals surface area contributed by atoms with E-state index in [9.17, 15) is 18.4 Å². The minimum atomic E-state index is -2.71. The largest absolute Gasteiger partial charge is 0.480 e. The Morgan fingerprint density at radius 1 is 1.50 bits per heavy atom. The van der Waals surface area contributed by atoms with Gasteiger partial charge in [-0.3, -0.25) is 9.59 Å². The smallest absolute Gasteiger partial charge is 0.323 e. The first-order chi connectivity index (χ1) is 6.50. The zero-order valence-corrected chi connectivity index (χ0v) is 6.98. The minimum absolute atomic E-state index is 0.370. The van der Waals surface area contributed by atoms with Crippen molar-refractivity contribution in [1.82, 2.24) is 4.57 Å². The fourth-order valence-corrected chi connectivity index (χ4v) is 0.948. The molecule has 1 rings (SSSR count). The summed E-state index contributed by atoms with van der Waals surface area (Å²) in [6, 6.07) is 1.90. The van der Waals surface area contributed by atoms with Gasteiger partial charge in [0.15, 0.2) is 0 Å². The van der Waals surface area contributed by atoms with Crippen molar-refractivity contribution in [3.8, 4) is 0 Å². The monoisotopic (exact) mass is 203 g/mol. The first-order valence-corrected chi connectivity index (χ1v) is 3.71. The molecule has 0 saturated heterocycles. The highest BCUT2D eigenvalue weighted by Gasteiger charge is 2.09. The number of pyridine rings is 1. The van der Waals surface area contributed by atoms with Gasteiger partial charge in [0.2, 0.25) is 0 Å². The molecule has 0 fully saturated rings. The quantitative estimate of drug-likeness (QED) is 0.792. The van der Waals surface area contributed by atoms with E-state index in [4.69, 9.17) is 5.11 Å². The molecular weight excluding hydrogens is 196 g/mol. The van der Waals surface area contributed by atoms with E-state index in [1.165, 1.54) is 0 Å². The average molecular weight is 203 g/mol. The van der Waals surface area contributed by atoms with Gasteiger partial charge in [-0.2, -0.15) is 0 Å². The third-order valence-electron chi connectivity index (χ3n) is 1.56. The first-order valence-electron chi connectivity index (χ1n) is 3.71. The Morgan fingerprint density at radius 3 is 2.64 bits per heavy atom. The van der Waals surface area contributed by atoms with E-state index in [0.717, 1.165) is 22.9 Å². The lowest BCUT2D eigenvalue weighted by Gasteiger charge is -2.04. The summed E-state index contributed by atoms with van der Waals surface area (Å²) >= 11 is 0. The van der Waals surface area contributed by atoms with Crippen LogP contribution >= 0.6 is 0 Å². The van der Waals surface area contributed by atoms with Crippen molar-refractivity contribution in [3.05, 3.63) is 34.2 Å². The Bertz CT molecular complexity index is 400. The van der Waals surface area contributed by atoms with Crippen LogP contribution in [0.3, 0.4) is 0 Å². The Balaban J connectivity index is 3.08. The van der Waals surface area contributed by atoms with Crippen molar-refractivity contribution >= 4 is 5.97 Å². The molecule has 0 unspecified atom stereocenters. The number of halogens is 2. The molecule has 1 aromatic heterocycles. The molecule has 0 aliphatic heterocycles. The number of aliphatic carboxylic acids is 1. The SMILES string of the molecule is O=C(O)Cn1cc(C(F)F)ccc1=O. The molecule has 76 valence electrons. The number of hydrogen-bond donors (Lipinski definition) is 1. The first kappa shape index (κ1) is 10.4. The molecule has 0 saturated carbocycles. The van der Waals surface area contributed by atoms with Crippen LogP contribution in [0.15, 0.2) is 23.1 Å².